The van der Waals surface area contributed by atoms with E-state index in [9.17, 15) is 9.36 Å². The molecule has 0 aromatic heterocycles. The molecule has 0 amide bonds. The highest BCUT2D eigenvalue weighted by Gasteiger charge is 2.39. The lowest BCUT2D eigenvalue weighted by molar-refractivity contribution is -0.140. The van der Waals surface area contributed by atoms with Gasteiger partial charge in [-0.3, -0.25) is 9.36 Å². The normalized spacial score (nSPS) is 21.3. The zero-order valence-corrected chi connectivity index (χ0v) is 17.1. The number of carbonyl (C=O) groups excluding carboxylic acids is 1. The molecule has 2 unspecified atom stereocenters. The molecule has 148 valence electrons. The summed E-state index contributed by atoms with van der Waals surface area (Å²) in [5, 5.41) is 0. The minimum atomic E-state index is -2.85. The van der Waals surface area contributed by atoms with Crippen molar-refractivity contribution in [3.05, 3.63) is 77.9 Å². The summed E-state index contributed by atoms with van der Waals surface area (Å²) in [6, 6.07) is 19.9. The molecule has 2 atom stereocenters. The predicted molar refractivity (Wildman–Crippen MR) is 112 cm³/mol. The largest absolute Gasteiger partial charge is 0.469 e. The van der Waals surface area contributed by atoms with Crippen molar-refractivity contribution in [2.75, 3.05) is 13.3 Å². The Bertz CT molecular complexity index is 845. The van der Waals surface area contributed by atoms with Gasteiger partial charge < -0.3 is 9.26 Å². The van der Waals surface area contributed by atoms with Crippen LogP contribution in [-0.4, -0.2) is 24.9 Å². The Kier molecular flexibility index (Phi) is 7.24. The molecule has 0 saturated carbocycles. The molecular weight excluding hydrogens is 371 g/mol. The summed E-state index contributed by atoms with van der Waals surface area (Å²) in [6.45, 7) is 0.354. The van der Waals surface area contributed by atoms with Crippen molar-refractivity contribution in [2.24, 2.45) is 0 Å². The first kappa shape index (κ1) is 20.6. The summed E-state index contributed by atoms with van der Waals surface area (Å²) in [5.74, 6) is -0.199. The molecule has 4 nitrogen and oxygen atoms in total. The second-order valence-electron chi connectivity index (χ2n) is 7.09. The molecule has 1 aliphatic rings. The highest BCUT2D eigenvalue weighted by Crippen LogP contribution is 2.61. The molecule has 5 heteroatoms. The minimum Gasteiger partial charge on any atom is -0.469 e. The van der Waals surface area contributed by atoms with E-state index in [1.165, 1.54) is 7.11 Å². The molecule has 2 aromatic carbocycles. The molecule has 0 radical (unpaired) electrons. The average Bonchev–Trinajstić information content (AvgIpc) is 3.08. The van der Waals surface area contributed by atoms with Crippen LogP contribution < -0.4 is 0 Å². The highest BCUT2D eigenvalue weighted by molar-refractivity contribution is 7.61. The van der Waals surface area contributed by atoms with Gasteiger partial charge in [0.2, 0.25) is 7.37 Å². The number of hydrogen-bond donors (Lipinski definition) is 0. The molecule has 1 aliphatic heterocycles. The van der Waals surface area contributed by atoms with Crippen LogP contribution in [0, 0.1) is 0 Å². The molecule has 28 heavy (non-hydrogen) atoms. The van der Waals surface area contributed by atoms with Gasteiger partial charge >= 0.3 is 5.97 Å². The summed E-state index contributed by atoms with van der Waals surface area (Å²) in [4.78, 5) is 11.3. The third kappa shape index (κ3) is 5.43. The number of ether oxygens (including phenoxy) is 1. The van der Waals surface area contributed by atoms with Crippen LogP contribution in [0.1, 0.15) is 36.8 Å². The van der Waals surface area contributed by atoms with Gasteiger partial charge in [-0.25, -0.2) is 0 Å². The molecule has 1 heterocycles. The average molecular weight is 398 g/mol. The Morgan fingerprint density at radius 2 is 1.71 bits per heavy atom. The lowest BCUT2D eigenvalue weighted by atomic mass is 10.0. The van der Waals surface area contributed by atoms with E-state index in [1.54, 1.807) is 0 Å². The number of methoxy groups -OCH3 is 1. The first-order valence-electron chi connectivity index (χ1n) is 9.71. The van der Waals surface area contributed by atoms with Crippen molar-refractivity contribution in [2.45, 2.75) is 37.9 Å². The summed E-state index contributed by atoms with van der Waals surface area (Å²) in [5.41, 5.74) is 3.11. The van der Waals surface area contributed by atoms with Crippen molar-refractivity contribution in [3.63, 3.8) is 0 Å². The zero-order valence-electron chi connectivity index (χ0n) is 16.3. The van der Waals surface area contributed by atoms with Gasteiger partial charge in [-0.15, -0.1) is 0 Å². The van der Waals surface area contributed by atoms with Gasteiger partial charge in [0.05, 0.1) is 25.5 Å². The molecular formula is C23H27O4P. The van der Waals surface area contributed by atoms with Crippen LogP contribution in [0.2, 0.25) is 0 Å². The number of esters is 1. The van der Waals surface area contributed by atoms with Gasteiger partial charge in [-0.1, -0.05) is 73.2 Å². The van der Waals surface area contributed by atoms with Crippen molar-refractivity contribution < 1.29 is 18.6 Å². The molecule has 0 fully saturated rings. The van der Waals surface area contributed by atoms with E-state index in [0.717, 1.165) is 36.0 Å². The quantitative estimate of drug-likeness (QED) is 0.310. The van der Waals surface area contributed by atoms with Crippen LogP contribution >= 0.6 is 7.37 Å². The van der Waals surface area contributed by atoms with Crippen molar-refractivity contribution in [3.8, 4) is 0 Å². The van der Waals surface area contributed by atoms with Crippen molar-refractivity contribution in [1.82, 2.24) is 0 Å². The second-order valence-corrected chi connectivity index (χ2v) is 9.78. The first-order chi connectivity index (χ1) is 13.6. The topological polar surface area (TPSA) is 52.6 Å². The standard InChI is InChI=1S/C23H27O4P/c1-26-23(24)15-9-8-14-22-16-21(20-12-6-3-7-13-20)18-28(22,25)27-17-19-10-4-2-5-11-19/h2-7,10-13,16,22H,8-9,14-15,17-18H2,1H3. The molecule has 0 bridgehead atoms. The molecule has 0 N–H and O–H groups in total. The maximum absolute atomic E-state index is 13.7. The Labute approximate surface area is 167 Å². The van der Waals surface area contributed by atoms with Crippen molar-refractivity contribution in [1.29, 1.82) is 0 Å². The fourth-order valence-corrected chi connectivity index (χ4v) is 6.13. The van der Waals surface area contributed by atoms with E-state index in [1.807, 2.05) is 60.7 Å². The smallest absolute Gasteiger partial charge is 0.305 e. The van der Waals surface area contributed by atoms with E-state index in [2.05, 4.69) is 6.08 Å². The van der Waals surface area contributed by atoms with E-state index in [0.29, 0.717) is 19.2 Å². The number of hydrogen-bond acceptors (Lipinski definition) is 4. The number of unbranched alkanes of at least 4 members (excludes halogenated alkanes) is 1. The van der Waals surface area contributed by atoms with E-state index >= 15 is 0 Å². The van der Waals surface area contributed by atoms with E-state index < -0.39 is 7.37 Å². The minimum absolute atomic E-state index is 0.107. The fraction of sp³-hybridized carbons (Fsp3) is 0.348. The molecule has 0 saturated heterocycles. The number of carbonyl (C=O) groups is 1. The summed E-state index contributed by atoms with van der Waals surface area (Å²) in [6.07, 6.45) is 5.28. The van der Waals surface area contributed by atoms with Crippen molar-refractivity contribution >= 4 is 18.9 Å². The van der Waals surface area contributed by atoms with Crippen LogP contribution in [0.15, 0.2) is 66.7 Å². The van der Waals surface area contributed by atoms with E-state index in [-0.39, 0.29) is 11.6 Å². The van der Waals surface area contributed by atoms with Gasteiger partial charge in [-0.05, 0) is 29.5 Å². The highest BCUT2D eigenvalue weighted by atomic mass is 31.2. The summed E-state index contributed by atoms with van der Waals surface area (Å²) < 4.78 is 24.5. The van der Waals surface area contributed by atoms with Gasteiger partial charge in [0.1, 0.15) is 0 Å². The van der Waals surface area contributed by atoms with Gasteiger partial charge in [0, 0.05) is 6.42 Å². The lowest BCUT2D eigenvalue weighted by Crippen LogP contribution is -2.07. The van der Waals surface area contributed by atoms with Crippen LogP contribution in [0.4, 0.5) is 0 Å². The van der Waals surface area contributed by atoms with Gasteiger partial charge in [-0.2, -0.15) is 0 Å². The third-order valence-corrected chi connectivity index (χ3v) is 7.85. The Balaban J connectivity index is 1.69. The Morgan fingerprint density at radius 1 is 1.04 bits per heavy atom. The fourth-order valence-electron chi connectivity index (χ4n) is 3.50. The maximum Gasteiger partial charge on any atom is 0.305 e. The van der Waals surface area contributed by atoms with Gasteiger partial charge in [0.25, 0.3) is 0 Å². The molecule has 3 rings (SSSR count). The van der Waals surface area contributed by atoms with Gasteiger partial charge in [0.15, 0.2) is 0 Å². The van der Waals surface area contributed by atoms with Crippen LogP contribution in [0.5, 0.6) is 0 Å². The maximum atomic E-state index is 13.7. The van der Waals surface area contributed by atoms with Crippen LogP contribution in [0.25, 0.3) is 5.57 Å². The van der Waals surface area contributed by atoms with Crippen LogP contribution in [-0.2, 0) is 25.2 Å². The number of benzene rings is 2. The Morgan fingerprint density at radius 3 is 2.39 bits per heavy atom. The second kappa shape index (κ2) is 9.86. The zero-order chi connectivity index (χ0) is 19.8. The molecule has 0 aliphatic carbocycles. The van der Waals surface area contributed by atoms with E-state index in [4.69, 9.17) is 9.26 Å². The summed E-state index contributed by atoms with van der Waals surface area (Å²) >= 11 is 0. The SMILES string of the molecule is COC(=O)CCCCC1C=C(c2ccccc2)CP1(=O)OCc1ccccc1. The lowest BCUT2D eigenvalue weighted by Gasteiger charge is -2.21. The molecule has 0 spiro atoms. The monoisotopic (exact) mass is 398 g/mol. The first-order valence-corrected chi connectivity index (χ1v) is 11.6. The summed E-state index contributed by atoms with van der Waals surface area (Å²) in [7, 11) is -1.44. The molecule has 2 aromatic rings. The predicted octanol–water partition coefficient (Wildman–Crippen LogP) is 5.68. The van der Waals surface area contributed by atoms with Crippen LogP contribution in [0.3, 0.4) is 0 Å². The number of allylic oxidation sites excluding steroid dienone is 2. The third-order valence-electron chi connectivity index (χ3n) is 5.09. The number of rotatable bonds is 9. The Hall–Kier alpha value is -2.16.